The Morgan fingerprint density at radius 3 is 1.43 bits per heavy atom. The summed E-state index contributed by atoms with van der Waals surface area (Å²) in [4.78, 5) is 0. The Kier molecular flexibility index (Phi) is 10.4. The van der Waals surface area contributed by atoms with Gasteiger partial charge in [-0.05, 0) is 0 Å². The van der Waals surface area contributed by atoms with E-state index >= 15 is 0 Å². The topological polar surface area (TPSA) is 60.7 Å². The second-order valence-electron chi connectivity index (χ2n) is 1.02. The first-order valence-corrected chi connectivity index (χ1v) is 1.71. The Hall–Kier alpha value is 0.802. The van der Waals surface area contributed by atoms with E-state index in [-0.39, 0.29) is 40.5 Å². The summed E-state index contributed by atoms with van der Waals surface area (Å²) in [5.41, 5.74) is 0. The Bertz CT molecular complexity index is 29.4. The fourth-order valence-corrected chi connectivity index (χ4v) is 0.0577. The van der Waals surface area contributed by atoms with Crippen LogP contribution in [0.3, 0.4) is 0 Å². The van der Waals surface area contributed by atoms with E-state index in [0.29, 0.717) is 0 Å². The summed E-state index contributed by atoms with van der Waals surface area (Å²) < 4.78 is 0. The zero-order valence-electron chi connectivity index (χ0n) is 4.04. The third kappa shape index (κ3) is 6.80. The van der Waals surface area contributed by atoms with E-state index in [1.54, 1.807) is 0 Å². The van der Waals surface area contributed by atoms with Crippen LogP contribution in [0.15, 0.2) is 0 Å². The Morgan fingerprint density at radius 1 is 1.14 bits per heavy atom. The summed E-state index contributed by atoms with van der Waals surface area (Å²) >= 11 is 0. The molecule has 7 heavy (non-hydrogen) atoms. The number of aliphatic hydroxyl groups excluding tert-OH is 3. The first-order chi connectivity index (χ1) is 2.81. The first-order valence-electron chi connectivity index (χ1n) is 1.71. The predicted octanol–water partition coefficient (Wildman–Crippen LogP) is -2.58. The molecule has 0 aliphatic heterocycles. The minimum absolute atomic E-state index is 0. The molecule has 3 N–H and O–H groups in total. The quantitative estimate of drug-likeness (QED) is 0.491. The van der Waals surface area contributed by atoms with Gasteiger partial charge in [-0.3, -0.25) is 0 Å². The van der Waals surface area contributed by atoms with Crippen LogP contribution in [0.1, 0.15) is 0 Å². The van der Waals surface area contributed by atoms with Crippen LogP contribution in [-0.2, 0) is 0 Å². The van der Waals surface area contributed by atoms with Crippen molar-refractivity contribution in [3.05, 3.63) is 0 Å². The predicted molar refractivity (Wildman–Crippen MR) is 28.7 cm³/mol. The molecule has 0 aromatic carbocycles. The van der Waals surface area contributed by atoms with E-state index in [1.807, 2.05) is 0 Å². The molecule has 0 heterocycles. The summed E-state index contributed by atoms with van der Waals surface area (Å²) in [5, 5.41) is 24.0. The van der Waals surface area contributed by atoms with Gasteiger partial charge in [0.05, 0.1) is 13.2 Å². The second kappa shape index (κ2) is 6.80. The van der Waals surface area contributed by atoms with Gasteiger partial charge < -0.3 is 15.3 Å². The molecule has 0 saturated carbocycles. The van der Waals surface area contributed by atoms with Crippen LogP contribution < -0.4 is 0 Å². The normalized spacial score (nSPS) is 8.57. The van der Waals surface area contributed by atoms with E-state index in [0.717, 1.165) is 0 Å². The van der Waals surface area contributed by atoms with E-state index in [9.17, 15) is 0 Å². The maximum atomic E-state index is 8.17. The average Bonchev–Trinajstić information content (AvgIpc) is 1.65. The molecule has 4 heteroatoms. The molecule has 2 radical (unpaired) electrons. The zero-order chi connectivity index (χ0) is 4.99. The van der Waals surface area contributed by atoms with Crippen molar-refractivity contribution in [1.29, 1.82) is 0 Å². The summed E-state index contributed by atoms with van der Waals surface area (Å²) in [7, 11) is 0. The fraction of sp³-hybridized carbons (Fsp3) is 1.00. The zero-order valence-corrected chi connectivity index (χ0v) is 9.54. The molecule has 0 amide bonds. The van der Waals surface area contributed by atoms with Gasteiger partial charge in [-0.25, -0.2) is 0 Å². The van der Waals surface area contributed by atoms with Gasteiger partial charge in [0, 0.05) is 0 Å². The number of rotatable bonds is 2. The van der Waals surface area contributed by atoms with Crippen LogP contribution in [0.25, 0.3) is 0 Å². The van der Waals surface area contributed by atoms with Crippen LogP contribution in [0.5, 0.6) is 0 Å². The van der Waals surface area contributed by atoms with Crippen molar-refractivity contribution in [2.75, 3.05) is 13.2 Å². The maximum absolute atomic E-state index is 8.17. The van der Waals surface area contributed by atoms with Crippen LogP contribution in [0, 0.1) is 0 Å². The molecule has 0 aromatic rings. The van der Waals surface area contributed by atoms with E-state index in [1.165, 1.54) is 0 Å². The van der Waals surface area contributed by atoms with E-state index < -0.39 is 6.10 Å². The molecule has 0 bridgehead atoms. The van der Waals surface area contributed by atoms with Crippen LogP contribution in [0.2, 0.25) is 0 Å². The molecule has 0 aliphatic carbocycles. The van der Waals surface area contributed by atoms with Gasteiger partial charge in [-0.2, -0.15) is 0 Å². The van der Waals surface area contributed by atoms with E-state index in [4.69, 9.17) is 15.3 Å². The molecule has 0 aromatic heterocycles. The number of hydrogen-bond acceptors (Lipinski definition) is 3. The summed E-state index contributed by atoms with van der Waals surface area (Å²) in [5.74, 6) is 0. The minimum atomic E-state index is -0.954. The van der Waals surface area contributed by atoms with Gasteiger partial charge in [-0.1, -0.05) is 0 Å². The average molecular weight is 301 g/mol. The Labute approximate surface area is 62.1 Å². The van der Waals surface area contributed by atoms with Crippen molar-refractivity contribution in [3.8, 4) is 0 Å². The van der Waals surface area contributed by atoms with Gasteiger partial charge in [-0.15, -0.1) is 0 Å². The number of aliphatic hydroxyl groups is 3. The monoisotopic (exact) mass is 302 g/mol. The van der Waals surface area contributed by atoms with E-state index in [2.05, 4.69) is 0 Å². The van der Waals surface area contributed by atoms with Crippen molar-refractivity contribution in [3.63, 3.8) is 0 Å². The molecule has 0 unspecified atom stereocenters. The molecular formula is C3H10O3Pb. The molecule has 0 fully saturated rings. The third-order valence-electron chi connectivity index (χ3n) is 0.421. The van der Waals surface area contributed by atoms with Crippen molar-refractivity contribution >= 4 is 27.3 Å². The van der Waals surface area contributed by atoms with Gasteiger partial charge in [0.2, 0.25) is 0 Å². The van der Waals surface area contributed by atoms with Crippen molar-refractivity contribution in [2.45, 2.75) is 6.10 Å². The summed E-state index contributed by atoms with van der Waals surface area (Å²) in [6.45, 7) is -0.729. The van der Waals surface area contributed by atoms with Crippen molar-refractivity contribution < 1.29 is 15.3 Å². The molecule has 0 saturated heterocycles. The molecular weight excluding hydrogens is 291 g/mol. The first kappa shape index (κ1) is 10.7. The van der Waals surface area contributed by atoms with Gasteiger partial charge in [0.15, 0.2) is 0 Å². The molecule has 0 rings (SSSR count). The van der Waals surface area contributed by atoms with Crippen LogP contribution in [0.4, 0.5) is 0 Å². The molecule has 0 atom stereocenters. The standard InChI is InChI=1S/C3H8O3.Pb.2H/c4-1-3(6)2-5;;;/h3-6H,1-2H2;;;. The van der Waals surface area contributed by atoms with Crippen molar-refractivity contribution in [2.24, 2.45) is 0 Å². The van der Waals surface area contributed by atoms with Gasteiger partial charge in [0.25, 0.3) is 0 Å². The second-order valence-corrected chi connectivity index (χ2v) is 1.02. The third-order valence-corrected chi connectivity index (χ3v) is 0.421. The molecule has 0 spiro atoms. The van der Waals surface area contributed by atoms with Crippen LogP contribution >= 0.6 is 0 Å². The molecule has 0 aliphatic rings. The van der Waals surface area contributed by atoms with Gasteiger partial charge >= 0.3 is 27.3 Å². The molecule has 44 valence electrons. The molecule has 3 nitrogen and oxygen atoms in total. The van der Waals surface area contributed by atoms with Crippen LogP contribution in [-0.4, -0.2) is 61.9 Å². The Morgan fingerprint density at radius 2 is 1.43 bits per heavy atom. The van der Waals surface area contributed by atoms with Crippen molar-refractivity contribution in [1.82, 2.24) is 0 Å². The Balaban J connectivity index is 0. The fourth-order valence-electron chi connectivity index (χ4n) is 0.0577. The summed E-state index contributed by atoms with van der Waals surface area (Å²) in [6.07, 6.45) is -0.954. The summed E-state index contributed by atoms with van der Waals surface area (Å²) in [6, 6.07) is 0. The van der Waals surface area contributed by atoms with Gasteiger partial charge in [0.1, 0.15) is 6.10 Å². The number of hydrogen-bond donors (Lipinski definition) is 3. The SMILES string of the molecule is OCC(O)CO.[PbH2].